The number of hydrogen-bond donors (Lipinski definition) is 2. The number of hydrogen-bond acceptors (Lipinski definition) is 3. The zero-order valence-electron chi connectivity index (χ0n) is 6.54. The van der Waals surface area contributed by atoms with Crippen molar-refractivity contribution in [2.45, 2.75) is 6.92 Å². The normalized spacial score (nSPS) is 7.92. The van der Waals surface area contributed by atoms with Gasteiger partial charge in [-0.25, -0.2) is 4.98 Å². The monoisotopic (exact) mass is 390 g/mol. The Morgan fingerprint density at radius 2 is 2.00 bits per heavy atom. The van der Waals surface area contributed by atoms with Crippen molar-refractivity contribution >= 4 is 24.7 Å². The van der Waals surface area contributed by atoms with E-state index in [1.54, 1.807) is 6.20 Å². The summed E-state index contributed by atoms with van der Waals surface area (Å²) in [5.74, 6) is 0.618. The molecule has 0 aliphatic carbocycles. The van der Waals surface area contributed by atoms with Gasteiger partial charge in [-0.3, -0.25) is 0 Å². The molecule has 0 spiro atoms. The molecule has 0 aliphatic rings. The first kappa shape index (κ1) is 14.7. The van der Waals surface area contributed by atoms with Crippen molar-refractivity contribution in [3.8, 4) is 0 Å². The van der Waals surface area contributed by atoms with Gasteiger partial charge in [0, 0.05) is 6.20 Å². The topological polar surface area (TPSA) is 73.9 Å². The molecule has 1 aromatic heterocycles. The molecular formula is C6H11Cl2N3Pt. The first-order valence-electron chi connectivity index (χ1n) is 2.71. The fourth-order valence-corrected chi connectivity index (χ4v) is 0.498. The third-order valence-corrected chi connectivity index (χ3v) is 1.05. The van der Waals surface area contributed by atoms with Gasteiger partial charge in [0.15, 0.2) is 0 Å². The molecular weight excluding hydrogens is 380 g/mol. The van der Waals surface area contributed by atoms with Crippen LogP contribution in [0.5, 0.6) is 0 Å². The van der Waals surface area contributed by atoms with Crippen LogP contribution in [0, 0.1) is 6.92 Å². The molecule has 0 saturated heterocycles. The minimum atomic E-state index is -0.472. The summed E-state index contributed by atoms with van der Waals surface area (Å²) in [4.78, 5) is 3.86. The molecule has 74 valence electrons. The maximum atomic E-state index is 5.41. The Labute approximate surface area is 88.6 Å². The Morgan fingerprint density at radius 1 is 1.50 bits per heavy atom. The molecule has 1 heterocycles. The predicted molar refractivity (Wildman–Crippen MR) is 50.1 cm³/mol. The van der Waals surface area contributed by atoms with E-state index in [1.165, 1.54) is 0 Å². The molecule has 0 atom stereocenters. The van der Waals surface area contributed by atoms with Crippen LogP contribution < -0.4 is 11.9 Å². The van der Waals surface area contributed by atoms with Crippen molar-refractivity contribution in [1.82, 2.24) is 11.1 Å². The van der Waals surface area contributed by atoms with Crippen molar-refractivity contribution in [3.63, 3.8) is 0 Å². The second-order valence-electron chi connectivity index (χ2n) is 1.75. The Morgan fingerprint density at radius 3 is 2.25 bits per heavy atom. The van der Waals surface area contributed by atoms with Crippen LogP contribution in [0.2, 0.25) is 0 Å². The van der Waals surface area contributed by atoms with E-state index in [9.17, 15) is 0 Å². The van der Waals surface area contributed by atoms with Crippen LogP contribution in [0.3, 0.4) is 0 Å². The van der Waals surface area contributed by atoms with Crippen molar-refractivity contribution in [2.24, 2.45) is 0 Å². The number of aryl methyl sites for hydroxylation is 1. The molecule has 0 radical (unpaired) electrons. The van der Waals surface area contributed by atoms with Crippen LogP contribution in [-0.2, 0) is 16.5 Å². The van der Waals surface area contributed by atoms with E-state index in [2.05, 4.69) is 4.98 Å². The van der Waals surface area contributed by atoms with Gasteiger partial charge >= 0.3 is 35.3 Å². The second-order valence-corrected chi connectivity index (χ2v) is 5.03. The zero-order valence-corrected chi connectivity index (χ0v) is 10.3. The Balaban J connectivity index is 0. The van der Waals surface area contributed by atoms with Crippen LogP contribution in [0.1, 0.15) is 5.56 Å². The minimum absolute atomic E-state index is 0. The molecule has 0 fully saturated rings. The Hall–Kier alpha value is 0.178. The van der Waals surface area contributed by atoms with Gasteiger partial charge in [-0.05, 0) is 18.6 Å². The van der Waals surface area contributed by atoms with E-state index in [1.807, 2.05) is 19.1 Å². The van der Waals surface area contributed by atoms with Crippen molar-refractivity contribution < 1.29 is 16.5 Å². The molecule has 0 bridgehead atoms. The van der Waals surface area contributed by atoms with Gasteiger partial charge in [0.2, 0.25) is 0 Å². The third kappa shape index (κ3) is 6.86. The molecule has 1 rings (SSSR count). The molecule has 0 aliphatic heterocycles. The van der Waals surface area contributed by atoms with Gasteiger partial charge in [-0.1, -0.05) is 6.07 Å². The van der Waals surface area contributed by atoms with E-state index in [0.29, 0.717) is 5.82 Å². The SMILES string of the molecule is Cc1cccnc1N.N.[Cl][Pt][Cl]. The second kappa shape index (κ2) is 9.27. The number of nitrogen functional groups attached to an aromatic ring is 1. The summed E-state index contributed by atoms with van der Waals surface area (Å²) in [5, 5.41) is 0. The van der Waals surface area contributed by atoms with E-state index in [4.69, 9.17) is 24.6 Å². The number of pyridine rings is 1. The molecule has 5 N–H and O–H groups in total. The van der Waals surface area contributed by atoms with Crippen LogP contribution >= 0.6 is 18.8 Å². The first-order valence-corrected chi connectivity index (χ1v) is 8.35. The molecule has 0 amide bonds. The maximum absolute atomic E-state index is 5.41. The standard InChI is InChI=1S/C6H8N2.2ClH.H3N.Pt/c1-5-3-2-4-8-6(5)7;;;;/h2-4H,1H3,(H2,7,8);2*1H;1H3;/q;;;;+2/p-2. The summed E-state index contributed by atoms with van der Waals surface area (Å²) in [6.07, 6.45) is 1.68. The third-order valence-electron chi connectivity index (χ3n) is 1.05. The summed E-state index contributed by atoms with van der Waals surface area (Å²) in [7, 11) is 9.75. The van der Waals surface area contributed by atoms with Gasteiger partial charge in [0.1, 0.15) is 5.82 Å². The quantitative estimate of drug-likeness (QED) is 0.714. The number of nitrogens with zero attached hydrogens (tertiary/aromatic N) is 1. The summed E-state index contributed by atoms with van der Waals surface area (Å²) < 4.78 is 0. The average molecular weight is 391 g/mol. The molecule has 0 aromatic carbocycles. The summed E-state index contributed by atoms with van der Waals surface area (Å²) >= 11 is -0.472. The predicted octanol–water partition coefficient (Wildman–Crippen LogP) is 2.51. The van der Waals surface area contributed by atoms with E-state index in [-0.39, 0.29) is 6.15 Å². The van der Waals surface area contributed by atoms with Crippen molar-refractivity contribution in [2.75, 3.05) is 5.73 Å². The van der Waals surface area contributed by atoms with Gasteiger partial charge < -0.3 is 11.9 Å². The van der Waals surface area contributed by atoms with E-state index >= 15 is 0 Å². The Kier molecular flexibility index (Phi) is 11.3. The van der Waals surface area contributed by atoms with Crippen LogP contribution in [-0.4, -0.2) is 4.98 Å². The van der Waals surface area contributed by atoms with Crippen LogP contribution in [0.4, 0.5) is 5.82 Å². The van der Waals surface area contributed by atoms with Gasteiger partial charge in [-0.15, -0.1) is 0 Å². The summed E-state index contributed by atoms with van der Waals surface area (Å²) in [6, 6.07) is 3.80. The molecule has 1 aromatic rings. The summed E-state index contributed by atoms with van der Waals surface area (Å²) in [6.45, 7) is 1.93. The number of rotatable bonds is 0. The number of aromatic nitrogens is 1. The van der Waals surface area contributed by atoms with Crippen LogP contribution in [0.15, 0.2) is 18.3 Å². The van der Waals surface area contributed by atoms with Gasteiger partial charge in [0.05, 0.1) is 0 Å². The fourth-order valence-electron chi connectivity index (χ4n) is 0.498. The van der Waals surface area contributed by atoms with E-state index < -0.39 is 16.5 Å². The van der Waals surface area contributed by atoms with Crippen molar-refractivity contribution in [1.29, 1.82) is 0 Å². The summed E-state index contributed by atoms with van der Waals surface area (Å²) in [5.41, 5.74) is 6.44. The molecule has 12 heavy (non-hydrogen) atoms. The van der Waals surface area contributed by atoms with Gasteiger partial charge in [0.25, 0.3) is 0 Å². The number of halogens is 2. The Bertz CT molecular complexity index is 189. The zero-order chi connectivity index (χ0) is 8.69. The molecule has 0 saturated carbocycles. The number of anilines is 1. The van der Waals surface area contributed by atoms with E-state index in [0.717, 1.165) is 5.56 Å². The first-order chi connectivity index (χ1) is 5.22. The average Bonchev–Trinajstić information content (AvgIpc) is 1.97. The molecule has 0 unspecified atom stereocenters. The molecule has 6 heteroatoms. The van der Waals surface area contributed by atoms with Crippen LogP contribution in [0.25, 0.3) is 0 Å². The van der Waals surface area contributed by atoms with Gasteiger partial charge in [-0.2, -0.15) is 0 Å². The fraction of sp³-hybridized carbons (Fsp3) is 0.167. The molecule has 3 nitrogen and oxygen atoms in total. The van der Waals surface area contributed by atoms with Crippen molar-refractivity contribution in [3.05, 3.63) is 23.9 Å². The number of nitrogens with two attached hydrogens (primary N) is 1.